The van der Waals surface area contributed by atoms with Crippen LogP contribution < -0.4 is 29.7 Å². The summed E-state index contributed by atoms with van der Waals surface area (Å²) in [5, 5.41) is 5.93. The number of nitrogens with one attached hydrogen (secondary N) is 2. The Balaban J connectivity index is 1.96. The Morgan fingerprint density at radius 1 is 1.13 bits per heavy atom. The Morgan fingerprint density at radius 3 is 2.56 bits per heavy atom. The number of benzene rings is 2. The minimum absolute atomic E-state index is 0.0326. The molecule has 11 nitrogen and oxygen atoms in total. The summed E-state index contributed by atoms with van der Waals surface area (Å²) in [5.74, 6) is 0.0168. The maximum atomic E-state index is 13.4. The Bertz CT molecular complexity index is 1310. The summed E-state index contributed by atoms with van der Waals surface area (Å²) in [6.45, 7) is 1.56. The molecule has 3 rings (SSSR count). The van der Waals surface area contributed by atoms with Crippen molar-refractivity contribution in [3.05, 3.63) is 54.3 Å². The molecule has 0 radical (unpaired) electrons. The van der Waals surface area contributed by atoms with Crippen LogP contribution in [0.15, 0.2) is 49.3 Å². The zero-order chi connectivity index (χ0) is 28.5. The van der Waals surface area contributed by atoms with Crippen LogP contribution >= 0.6 is 11.6 Å². The number of alkyl halides is 2. The van der Waals surface area contributed by atoms with Gasteiger partial charge < -0.3 is 34.6 Å². The van der Waals surface area contributed by atoms with Gasteiger partial charge in [0.05, 0.1) is 29.2 Å². The highest BCUT2D eigenvalue weighted by molar-refractivity contribution is 6.32. The number of anilines is 4. The molecule has 2 N–H and O–H groups in total. The average molecular weight is 564 g/mol. The molecular formula is C25H28ClF2N7O4. The van der Waals surface area contributed by atoms with Gasteiger partial charge in [0.15, 0.2) is 5.75 Å². The van der Waals surface area contributed by atoms with Crippen LogP contribution in [0.1, 0.15) is 0 Å². The van der Waals surface area contributed by atoms with Crippen LogP contribution in [0.3, 0.4) is 0 Å². The van der Waals surface area contributed by atoms with Gasteiger partial charge in [0.1, 0.15) is 17.8 Å². The van der Waals surface area contributed by atoms with Crippen LogP contribution in [-0.2, 0) is 4.79 Å². The summed E-state index contributed by atoms with van der Waals surface area (Å²) >= 11 is 6.05. The fourth-order valence-electron chi connectivity index (χ4n) is 3.25. The van der Waals surface area contributed by atoms with Gasteiger partial charge in [-0.3, -0.25) is 4.79 Å². The van der Waals surface area contributed by atoms with Crippen LogP contribution in [0.4, 0.5) is 31.8 Å². The van der Waals surface area contributed by atoms with Gasteiger partial charge in [-0.15, -0.1) is 0 Å². The van der Waals surface area contributed by atoms with Gasteiger partial charge in [-0.25, -0.2) is 4.98 Å². The van der Waals surface area contributed by atoms with Crippen LogP contribution in [0.25, 0.3) is 0 Å². The number of ether oxygens (including phenoxy) is 3. The van der Waals surface area contributed by atoms with Crippen molar-refractivity contribution in [2.75, 3.05) is 56.9 Å². The van der Waals surface area contributed by atoms with Crippen molar-refractivity contribution in [3.8, 4) is 23.3 Å². The molecule has 0 aliphatic carbocycles. The molecule has 0 saturated heterocycles. The third-order valence-corrected chi connectivity index (χ3v) is 5.49. The lowest BCUT2D eigenvalue weighted by Crippen LogP contribution is -2.29. The first-order chi connectivity index (χ1) is 18.6. The SMILES string of the molecule is C=CC(=O)Nc1cc(Nc2ncnc(Oc3ccc(Cl)c(OC)c3)n2)c(OC(F)F)cc1N(C)CCN(C)C. The van der Waals surface area contributed by atoms with Crippen molar-refractivity contribution in [1.82, 2.24) is 19.9 Å². The molecule has 0 aliphatic rings. The zero-order valence-corrected chi connectivity index (χ0v) is 22.5. The van der Waals surface area contributed by atoms with E-state index in [1.54, 1.807) is 30.1 Å². The molecule has 0 bridgehead atoms. The first-order valence-corrected chi connectivity index (χ1v) is 11.9. The first-order valence-electron chi connectivity index (χ1n) is 11.5. The van der Waals surface area contributed by atoms with E-state index in [4.69, 9.17) is 25.8 Å². The standard InChI is InChI=1S/C25H28ClF2N7O4/c1-6-22(36)31-17-12-18(21(39-23(27)28)13-19(17)35(4)10-9-34(2)3)32-24-29-14-30-25(33-24)38-15-7-8-16(26)20(11-15)37-5/h6-8,11-14,23H,1,9-10H2,2-5H3,(H,31,36)(H,29,30,32,33). The van der Waals surface area contributed by atoms with E-state index in [9.17, 15) is 13.6 Å². The summed E-state index contributed by atoms with van der Waals surface area (Å²) in [4.78, 5) is 28.1. The van der Waals surface area contributed by atoms with Gasteiger partial charge in [-0.1, -0.05) is 18.2 Å². The zero-order valence-electron chi connectivity index (χ0n) is 21.7. The van der Waals surface area contributed by atoms with Gasteiger partial charge in [-0.05, 0) is 38.4 Å². The summed E-state index contributed by atoms with van der Waals surface area (Å²) in [6.07, 6.45) is 2.27. The molecule has 0 unspecified atom stereocenters. The minimum Gasteiger partial charge on any atom is -0.495 e. The predicted octanol–water partition coefficient (Wildman–Crippen LogP) is 4.79. The van der Waals surface area contributed by atoms with Gasteiger partial charge in [0.2, 0.25) is 11.9 Å². The number of amides is 1. The largest absolute Gasteiger partial charge is 0.495 e. The summed E-state index contributed by atoms with van der Waals surface area (Å²) < 4.78 is 42.3. The van der Waals surface area contributed by atoms with Crippen molar-refractivity contribution in [3.63, 3.8) is 0 Å². The maximum Gasteiger partial charge on any atom is 0.387 e. The summed E-state index contributed by atoms with van der Waals surface area (Å²) in [6, 6.07) is 7.47. The Morgan fingerprint density at radius 2 is 1.90 bits per heavy atom. The molecule has 0 fully saturated rings. The van der Waals surface area contributed by atoms with Crippen LogP contribution in [-0.4, -0.2) is 73.7 Å². The highest BCUT2D eigenvalue weighted by atomic mass is 35.5. The van der Waals surface area contributed by atoms with E-state index in [-0.39, 0.29) is 23.4 Å². The van der Waals surface area contributed by atoms with Crippen molar-refractivity contribution >= 4 is 40.5 Å². The number of carbonyl (C=O) groups excluding carboxylic acids is 1. The predicted molar refractivity (Wildman–Crippen MR) is 145 cm³/mol. The average Bonchev–Trinajstić information content (AvgIpc) is 2.89. The number of methoxy groups -OCH3 is 1. The number of aromatic nitrogens is 3. The number of likely N-dealkylation sites (N-methyl/N-ethyl adjacent to an activating group) is 2. The smallest absolute Gasteiger partial charge is 0.387 e. The second-order valence-electron chi connectivity index (χ2n) is 8.28. The van der Waals surface area contributed by atoms with E-state index in [2.05, 4.69) is 32.2 Å². The third kappa shape index (κ3) is 8.38. The number of nitrogens with zero attached hydrogens (tertiary/aromatic N) is 5. The Kier molecular flexibility index (Phi) is 10.2. The summed E-state index contributed by atoms with van der Waals surface area (Å²) in [7, 11) is 7.04. The molecule has 0 aliphatic heterocycles. The molecule has 208 valence electrons. The molecule has 3 aromatic rings. The Hall–Kier alpha value is -4.23. The first kappa shape index (κ1) is 29.3. The quantitative estimate of drug-likeness (QED) is 0.281. The van der Waals surface area contributed by atoms with Crippen molar-refractivity contribution < 1.29 is 27.8 Å². The fraction of sp³-hybridized carbons (Fsp3) is 0.280. The lowest BCUT2D eigenvalue weighted by atomic mass is 10.2. The molecular weight excluding hydrogens is 536 g/mol. The van der Waals surface area contributed by atoms with E-state index >= 15 is 0 Å². The topological polar surface area (TPSA) is 114 Å². The normalized spacial score (nSPS) is 10.8. The van der Waals surface area contributed by atoms with E-state index in [1.165, 1.54) is 25.6 Å². The van der Waals surface area contributed by atoms with E-state index < -0.39 is 12.5 Å². The molecule has 14 heteroatoms. The van der Waals surface area contributed by atoms with Crippen LogP contribution in [0.2, 0.25) is 5.02 Å². The third-order valence-electron chi connectivity index (χ3n) is 5.18. The van der Waals surface area contributed by atoms with Crippen molar-refractivity contribution in [2.24, 2.45) is 0 Å². The van der Waals surface area contributed by atoms with E-state index in [0.29, 0.717) is 41.0 Å². The second kappa shape index (κ2) is 13.5. The second-order valence-corrected chi connectivity index (χ2v) is 8.68. The monoisotopic (exact) mass is 563 g/mol. The highest BCUT2D eigenvalue weighted by Gasteiger charge is 2.19. The molecule has 2 aromatic carbocycles. The molecule has 1 aromatic heterocycles. The van der Waals surface area contributed by atoms with E-state index in [1.807, 2.05) is 19.0 Å². The molecule has 0 atom stereocenters. The number of hydrogen-bond acceptors (Lipinski definition) is 10. The van der Waals surface area contributed by atoms with Crippen LogP contribution in [0, 0.1) is 0 Å². The minimum atomic E-state index is -3.11. The van der Waals surface area contributed by atoms with Crippen molar-refractivity contribution in [2.45, 2.75) is 6.61 Å². The lowest BCUT2D eigenvalue weighted by Gasteiger charge is -2.26. The molecule has 1 amide bonds. The van der Waals surface area contributed by atoms with E-state index in [0.717, 1.165) is 6.08 Å². The van der Waals surface area contributed by atoms with Gasteiger partial charge in [-0.2, -0.15) is 18.7 Å². The highest BCUT2D eigenvalue weighted by Crippen LogP contribution is 2.39. The van der Waals surface area contributed by atoms with Gasteiger partial charge in [0.25, 0.3) is 0 Å². The summed E-state index contributed by atoms with van der Waals surface area (Å²) in [5.41, 5.74) is 0.832. The number of rotatable bonds is 13. The number of halogens is 3. The van der Waals surface area contributed by atoms with Crippen LogP contribution in [0.5, 0.6) is 23.3 Å². The Labute approximate surface area is 229 Å². The lowest BCUT2D eigenvalue weighted by molar-refractivity contribution is -0.111. The van der Waals surface area contributed by atoms with Gasteiger partial charge in [0, 0.05) is 32.3 Å². The molecule has 39 heavy (non-hydrogen) atoms. The van der Waals surface area contributed by atoms with Crippen molar-refractivity contribution in [1.29, 1.82) is 0 Å². The number of carbonyl (C=O) groups is 1. The fourth-order valence-corrected chi connectivity index (χ4v) is 3.45. The molecule has 1 heterocycles. The maximum absolute atomic E-state index is 13.4. The van der Waals surface area contributed by atoms with Gasteiger partial charge >= 0.3 is 12.6 Å². The number of hydrogen-bond donors (Lipinski definition) is 2. The molecule has 0 spiro atoms. The molecule has 0 saturated carbocycles.